The van der Waals surface area contributed by atoms with Crippen LogP contribution in [-0.4, -0.2) is 12.5 Å². The average molecular weight is 435 g/mol. The van der Waals surface area contributed by atoms with Gasteiger partial charge < -0.3 is 5.32 Å². The Morgan fingerprint density at radius 3 is 2.16 bits per heavy atom. The molecule has 1 atom stereocenters. The Morgan fingerprint density at radius 2 is 1.64 bits per heavy atom. The summed E-state index contributed by atoms with van der Waals surface area (Å²) in [7, 11) is 0. The van der Waals surface area contributed by atoms with Crippen molar-refractivity contribution in [2.45, 2.75) is 19.0 Å². The first-order valence-corrected chi connectivity index (χ1v) is 10.5. The molecule has 0 spiro atoms. The van der Waals surface area contributed by atoms with Gasteiger partial charge in [0.15, 0.2) is 0 Å². The Balaban J connectivity index is 1.59. The maximum Gasteiger partial charge on any atom is 0.234 e. The number of carbonyl (C=O) groups is 1. The number of rotatable bonds is 7. The fraction of sp³-hybridized carbons (Fsp3) is 0.211. The minimum atomic E-state index is -0.0238. The zero-order valence-electron chi connectivity index (χ0n) is 13.7. The summed E-state index contributed by atoms with van der Waals surface area (Å²) in [6, 6.07) is 16.3. The normalized spacial score (nSPS) is 12.3. The lowest BCUT2D eigenvalue weighted by Gasteiger charge is -2.18. The van der Waals surface area contributed by atoms with Crippen LogP contribution in [0.3, 0.4) is 0 Å². The van der Waals surface area contributed by atoms with Gasteiger partial charge in [0.25, 0.3) is 0 Å². The van der Waals surface area contributed by atoms with E-state index < -0.39 is 0 Å². The van der Waals surface area contributed by atoms with Crippen molar-refractivity contribution in [2.24, 2.45) is 0 Å². The van der Waals surface area contributed by atoms with Gasteiger partial charge in [-0.25, -0.2) is 0 Å². The topological polar surface area (TPSA) is 41.1 Å². The van der Waals surface area contributed by atoms with Crippen molar-refractivity contribution < 1.29 is 4.79 Å². The second-order valence-electron chi connectivity index (χ2n) is 5.69. The van der Waals surface area contributed by atoms with Gasteiger partial charge in [-0.3, -0.25) is 10.1 Å². The number of amides is 1. The molecule has 130 valence electrons. The molecule has 0 aliphatic carbocycles. The summed E-state index contributed by atoms with van der Waals surface area (Å²) in [5, 5.41) is 10.6. The van der Waals surface area contributed by atoms with Gasteiger partial charge in [0, 0.05) is 14.2 Å². The highest BCUT2D eigenvalue weighted by atomic mass is 79.9. The lowest BCUT2D eigenvalue weighted by atomic mass is 10.1. The van der Waals surface area contributed by atoms with E-state index in [2.05, 4.69) is 49.5 Å². The Hall–Kier alpha value is -1.47. The van der Waals surface area contributed by atoms with Crippen LogP contribution in [-0.2, 0) is 4.79 Å². The molecule has 3 rings (SSSR count). The third-order valence-electron chi connectivity index (χ3n) is 3.87. The summed E-state index contributed by atoms with van der Waals surface area (Å²) in [6.07, 6.45) is 0. The van der Waals surface area contributed by atoms with Gasteiger partial charge >= 0.3 is 0 Å². The van der Waals surface area contributed by atoms with Gasteiger partial charge in [-0.15, -0.1) is 22.7 Å². The third-order valence-corrected chi connectivity index (χ3v) is 6.27. The van der Waals surface area contributed by atoms with E-state index in [1.165, 1.54) is 9.75 Å². The second kappa shape index (κ2) is 8.76. The first kappa shape index (κ1) is 18.3. The van der Waals surface area contributed by atoms with Gasteiger partial charge in [0.1, 0.15) is 0 Å². The maximum absolute atomic E-state index is 12.4. The van der Waals surface area contributed by atoms with Crippen molar-refractivity contribution in [3.8, 4) is 0 Å². The van der Waals surface area contributed by atoms with Crippen molar-refractivity contribution >= 4 is 44.5 Å². The van der Waals surface area contributed by atoms with E-state index >= 15 is 0 Å². The zero-order valence-corrected chi connectivity index (χ0v) is 17.0. The van der Waals surface area contributed by atoms with Crippen LogP contribution in [0.15, 0.2) is 63.8 Å². The third kappa shape index (κ3) is 5.01. The van der Waals surface area contributed by atoms with E-state index in [1.807, 2.05) is 43.3 Å². The van der Waals surface area contributed by atoms with Crippen molar-refractivity contribution in [2.75, 3.05) is 6.54 Å². The summed E-state index contributed by atoms with van der Waals surface area (Å²) >= 11 is 6.83. The van der Waals surface area contributed by atoms with Gasteiger partial charge in [0.05, 0.1) is 18.6 Å². The minimum absolute atomic E-state index is 0.00599. The summed E-state index contributed by atoms with van der Waals surface area (Å²) in [5.41, 5.74) is 1.09. The van der Waals surface area contributed by atoms with Crippen molar-refractivity contribution in [1.82, 2.24) is 10.6 Å². The van der Waals surface area contributed by atoms with Gasteiger partial charge in [-0.1, -0.05) is 40.2 Å². The lowest BCUT2D eigenvalue weighted by Crippen LogP contribution is -2.37. The smallest absolute Gasteiger partial charge is 0.234 e. The standard InChI is InChI=1S/C19H19BrN2OS2/c1-13(14-6-8-15(20)9-7-14)22-18(23)12-21-19(16-4-2-10-24-16)17-5-3-11-25-17/h2-11,13,19,21H,12H2,1H3,(H,22,23). The first-order valence-electron chi connectivity index (χ1n) is 7.98. The van der Waals surface area contributed by atoms with Crippen LogP contribution < -0.4 is 10.6 Å². The molecule has 2 N–H and O–H groups in total. The Bertz CT molecular complexity index is 751. The molecule has 0 radical (unpaired) electrons. The number of thiophene rings is 2. The van der Waals surface area contributed by atoms with Gasteiger partial charge in [0.2, 0.25) is 5.91 Å². The van der Waals surface area contributed by atoms with Crippen LogP contribution in [0.2, 0.25) is 0 Å². The van der Waals surface area contributed by atoms with Crippen molar-refractivity contribution in [3.63, 3.8) is 0 Å². The van der Waals surface area contributed by atoms with E-state index in [0.717, 1.165) is 10.0 Å². The van der Waals surface area contributed by atoms with Crippen LogP contribution in [0, 0.1) is 0 Å². The number of nitrogens with one attached hydrogen (secondary N) is 2. The van der Waals surface area contributed by atoms with E-state index in [4.69, 9.17) is 0 Å². The molecule has 0 bridgehead atoms. The molecule has 0 saturated heterocycles. The number of halogens is 1. The molecule has 6 heteroatoms. The molecule has 0 fully saturated rings. The molecule has 3 aromatic rings. The Labute approximate surface area is 164 Å². The SMILES string of the molecule is CC(NC(=O)CNC(c1cccs1)c1cccs1)c1ccc(Br)cc1. The highest BCUT2D eigenvalue weighted by molar-refractivity contribution is 9.10. The van der Waals surface area contributed by atoms with E-state index in [9.17, 15) is 4.79 Å². The van der Waals surface area contributed by atoms with Crippen LogP contribution in [0.25, 0.3) is 0 Å². The van der Waals surface area contributed by atoms with Gasteiger partial charge in [-0.2, -0.15) is 0 Å². The number of hydrogen-bond acceptors (Lipinski definition) is 4. The summed E-state index contributed by atoms with van der Waals surface area (Å²) in [4.78, 5) is 14.8. The Morgan fingerprint density at radius 1 is 1.04 bits per heavy atom. The molecular weight excluding hydrogens is 416 g/mol. The van der Waals surface area contributed by atoms with E-state index in [-0.39, 0.29) is 24.5 Å². The maximum atomic E-state index is 12.4. The molecule has 1 unspecified atom stereocenters. The molecule has 3 nitrogen and oxygen atoms in total. The minimum Gasteiger partial charge on any atom is -0.348 e. The monoisotopic (exact) mass is 434 g/mol. The number of hydrogen-bond donors (Lipinski definition) is 2. The van der Waals surface area contributed by atoms with Crippen LogP contribution >= 0.6 is 38.6 Å². The predicted molar refractivity (Wildman–Crippen MR) is 109 cm³/mol. The highest BCUT2D eigenvalue weighted by Gasteiger charge is 2.17. The summed E-state index contributed by atoms with van der Waals surface area (Å²) < 4.78 is 1.03. The zero-order chi connectivity index (χ0) is 17.6. The molecule has 1 aromatic carbocycles. The van der Waals surface area contributed by atoms with Crippen molar-refractivity contribution in [3.05, 3.63) is 79.1 Å². The number of carbonyl (C=O) groups excluding carboxylic acids is 1. The number of benzene rings is 1. The van der Waals surface area contributed by atoms with E-state index in [0.29, 0.717) is 0 Å². The molecule has 0 aliphatic heterocycles. The second-order valence-corrected chi connectivity index (χ2v) is 8.56. The highest BCUT2D eigenvalue weighted by Crippen LogP contribution is 2.28. The van der Waals surface area contributed by atoms with Crippen molar-refractivity contribution in [1.29, 1.82) is 0 Å². The molecule has 0 saturated carbocycles. The first-order chi connectivity index (χ1) is 12.1. The lowest BCUT2D eigenvalue weighted by molar-refractivity contribution is -0.120. The van der Waals surface area contributed by atoms with Crippen LogP contribution in [0.5, 0.6) is 0 Å². The van der Waals surface area contributed by atoms with Gasteiger partial charge in [-0.05, 0) is 47.5 Å². The quantitative estimate of drug-likeness (QED) is 0.540. The van der Waals surface area contributed by atoms with Crippen LogP contribution in [0.4, 0.5) is 0 Å². The molecule has 25 heavy (non-hydrogen) atoms. The summed E-state index contributed by atoms with van der Waals surface area (Å²) in [5.74, 6) is -0.00599. The largest absolute Gasteiger partial charge is 0.348 e. The molecule has 1 amide bonds. The molecule has 2 heterocycles. The fourth-order valence-corrected chi connectivity index (χ4v) is 4.55. The molecular formula is C19H19BrN2OS2. The average Bonchev–Trinajstić information content (AvgIpc) is 3.29. The van der Waals surface area contributed by atoms with Crippen LogP contribution in [0.1, 0.15) is 34.3 Å². The fourth-order valence-electron chi connectivity index (χ4n) is 2.57. The molecule has 2 aromatic heterocycles. The summed E-state index contributed by atoms with van der Waals surface area (Å²) in [6.45, 7) is 2.28. The molecule has 0 aliphatic rings. The predicted octanol–water partition coefficient (Wildman–Crippen LogP) is 5.13. The van der Waals surface area contributed by atoms with E-state index in [1.54, 1.807) is 22.7 Å². The Kier molecular flexibility index (Phi) is 6.42.